The van der Waals surface area contributed by atoms with Crippen molar-refractivity contribution >= 4 is 11.9 Å². The Morgan fingerprint density at radius 1 is 1.19 bits per heavy atom. The van der Waals surface area contributed by atoms with Crippen LogP contribution in [0, 0.1) is 11.3 Å². The number of ether oxygens (including phenoxy) is 1. The van der Waals surface area contributed by atoms with Gasteiger partial charge in [0.15, 0.2) is 0 Å². The Balaban J connectivity index is 2.10. The molecule has 2 heterocycles. The summed E-state index contributed by atoms with van der Waals surface area (Å²) in [7, 11) is 1.81. The lowest BCUT2D eigenvalue weighted by Crippen LogP contribution is -2.39. The Labute approximate surface area is 127 Å². The first-order valence-corrected chi connectivity index (χ1v) is 7.75. The molecule has 1 aromatic rings. The van der Waals surface area contributed by atoms with E-state index in [0.717, 1.165) is 19.0 Å². The minimum atomic E-state index is 0.373. The van der Waals surface area contributed by atoms with E-state index in [2.05, 4.69) is 45.9 Å². The van der Waals surface area contributed by atoms with E-state index in [1.807, 2.05) is 6.92 Å². The summed E-state index contributed by atoms with van der Waals surface area (Å²) >= 11 is 0. The van der Waals surface area contributed by atoms with Gasteiger partial charge in [0.05, 0.1) is 6.61 Å². The third kappa shape index (κ3) is 3.95. The highest BCUT2D eigenvalue weighted by molar-refractivity contribution is 5.38. The number of nitrogens with zero attached hydrogens (tertiary/aromatic N) is 4. The molecule has 0 spiro atoms. The Kier molecular flexibility index (Phi) is 4.85. The second kappa shape index (κ2) is 6.45. The lowest BCUT2D eigenvalue weighted by molar-refractivity contribution is 0.198. The summed E-state index contributed by atoms with van der Waals surface area (Å²) < 4.78 is 5.43. The Morgan fingerprint density at radius 2 is 1.86 bits per heavy atom. The number of nitrogens with one attached hydrogen (secondary N) is 1. The van der Waals surface area contributed by atoms with Gasteiger partial charge in [-0.2, -0.15) is 15.0 Å². The van der Waals surface area contributed by atoms with Crippen LogP contribution in [0.25, 0.3) is 0 Å². The Bertz CT molecular complexity index is 464. The average Bonchev–Trinajstić information content (AvgIpc) is 2.46. The van der Waals surface area contributed by atoms with Gasteiger partial charge in [-0.1, -0.05) is 20.8 Å². The predicted molar refractivity (Wildman–Crippen MR) is 84.9 cm³/mol. The molecule has 1 N–H and O–H groups in total. The zero-order valence-electron chi connectivity index (χ0n) is 13.8. The van der Waals surface area contributed by atoms with Gasteiger partial charge in [-0.25, -0.2) is 0 Å². The van der Waals surface area contributed by atoms with E-state index < -0.39 is 0 Å². The first kappa shape index (κ1) is 15.8. The fourth-order valence-electron chi connectivity index (χ4n) is 2.74. The highest BCUT2D eigenvalue weighted by Crippen LogP contribution is 2.35. The molecule has 0 aliphatic carbocycles. The third-order valence-corrected chi connectivity index (χ3v) is 4.10. The van der Waals surface area contributed by atoms with Crippen molar-refractivity contribution in [2.24, 2.45) is 11.3 Å². The summed E-state index contributed by atoms with van der Waals surface area (Å²) in [5.41, 5.74) is 0.373. The fraction of sp³-hybridized carbons (Fsp3) is 0.800. The van der Waals surface area contributed by atoms with Crippen LogP contribution in [0.2, 0.25) is 0 Å². The molecule has 0 saturated carbocycles. The van der Waals surface area contributed by atoms with Crippen LogP contribution in [0.15, 0.2) is 0 Å². The standard InChI is InChI=1S/C15H27N5O/c1-6-21-14-18-12(16-5)17-13(19-14)20-9-7-11(8-10-20)15(2,3)4/h11H,6-10H2,1-5H3,(H,16,17,18,19). The average molecular weight is 293 g/mol. The summed E-state index contributed by atoms with van der Waals surface area (Å²) in [4.78, 5) is 15.3. The summed E-state index contributed by atoms with van der Waals surface area (Å²) in [6.07, 6.45) is 2.35. The molecule has 1 aliphatic heterocycles. The van der Waals surface area contributed by atoms with Crippen LogP contribution in [-0.4, -0.2) is 41.7 Å². The quantitative estimate of drug-likeness (QED) is 0.920. The van der Waals surface area contributed by atoms with E-state index in [1.165, 1.54) is 12.8 Å². The van der Waals surface area contributed by atoms with Crippen LogP contribution in [0.3, 0.4) is 0 Å². The number of aromatic nitrogens is 3. The van der Waals surface area contributed by atoms with Gasteiger partial charge in [-0.15, -0.1) is 0 Å². The summed E-state index contributed by atoms with van der Waals surface area (Å²) in [5.74, 6) is 2.03. The highest BCUT2D eigenvalue weighted by Gasteiger charge is 2.29. The monoisotopic (exact) mass is 293 g/mol. The van der Waals surface area contributed by atoms with E-state index in [4.69, 9.17) is 4.74 Å². The molecule has 6 nitrogen and oxygen atoms in total. The summed E-state index contributed by atoms with van der Waals surface area (Å²) in [6.45, 7) is 11.4. The molecule has 0 radical (unpaired) electrons. The molecule has 21 heavy (non-hydrogen) atoms. The molecule has 0 amide bonds. The molecule has 1 saturated heterocycles. The Morgan fingerprint density at radius 3 is 2.38 bits per heavy atom. The number of hydrogen-bond acceptors (Lipinski definition) is 6. The van der Waals surface area contributed by atoms with Crippen molar-refractivity contribution in [2.75, 3.05) is 37.0 Å². The second-order valence-corrected chi connectivity index (χ2v) is 6.55. The molecule has 2 rings (SSSR count). The minimum Gasteiger partial charge on any atom is -0.464 e. The highest BCUT2D eigenvalue weighted by atomic mass is 16.5. The van der Waals surface area contributed by atoms with E-state index in [1.54, 1.807) is 7.05 Å². The van der Waals surface area contributed by atoms with Gasteiger partial charge < -0.3 is 15.0 Å². The SMILES string of the molecule is CCOc1nc(NC)nc(N2CCC(C(C)(C)C)CC2)n1. The van der Waals surface area contributed by atoms with E-state index in [0.29, 0.717) is 29.9 Å². The van der Waals surface area contributed by atoms with Gasteiger partial charge >= 0.3 is 6.01 Å². The topological polar surface area (TPSA) is 63.2 Å². The molecule has 0 aromatic carbocycles. The molecule has 6 heteroatoms. The lowest BCUT2D eigenvalue weighted by atomic mass is 9.75. The van der Waals surface area contributed by atoms with Gasteiger partial charge in [0, 0.05) is 20.1 Å². The third-order valence-electron chi connectivity index (χ3n) is 4.10. The predicted octanol–water partition coefficient (Wildman–Crippen LogP) is 2.57. The first-order chi connectivity index (χ1) is 9.94. The van der Waals surface area contributed by atoms with Crippen molar-refractivity contribution in [1.82, 2.24) is 15.0 Å². The number of anilines is 2. The van der Waals surface area contributed by atoms with Crippen LogP contribution < -0.4 is 15.0 Å². The first-order valence-electron chi connectivity index (χ1n) is 7.75. The second-order valence-electron chi connectivity index (χ2n) is 6.55. The van der Waals surface area contributed by atoms with Crippen LogP contribution >= 0.6 is 0 Å². The lowest BCUT2D eigenvalue weighted by Gasteiger charge is -2.38. The molecule has 1 aliphatic rings. The van der Waals surface area contributed by atoms with Gasteiger partial charge in [0.25, 0.3) is 0 Å². The zero-order valence-corrected chi connectivity index (χ0v) is 13.8. The largest absolute Gasteiger partial charge is 0.464 e. The van der Waals surface area contributed by atoms with E-state index in [-0.39, 0.29) is 0 Å². The van der Waals surface area contributed by atoms with Crippen LogP contribution in [0.1, 0.15) is 40.5 Å². The Hall–Kier alpha value is -1.59. The molecular formula is C15H27N5O. The molecular weight excluding hydrogens is 266 g/mol. The number of rotatable bonds is 4. The molecule has 0 bridgehead atoms. The fourth-order valence-corrected chi connectivity index (χ4v) is 2.74. The van der Waals surface area contributed by atoms with Crippen molar-refractivity contribution in [3.8, 4) is 6.01 Å². The maximum absolute atomic E-state index is 5.43. The molecule has 1 aromatic heterocycles. The van der Waals surface area contributed by atoms with Crippen molar-refractivity contribution < 1.29 is 4.74 Å². The summed E-state index contributed by atoms with van der Waals surface area (Å²) in [5, 5.41) is 2.97. The molecule has 0 unspecified atom stereocenters. The normalized spacial score (nSPS) is 16.9. The van der Waals surface area contributed by atoms with Crippen LogP contribution in [-0.2, 0) is 0 Å². The van der Waals surface area contributed by atoms with E-state index in [9.17, 15) is 0 Å². The van der Waals surface area contributed by atoms with Crippen LogP contribution in [0.5, 0.6) is 6.01 Å². The maximum Gasteiger partial charge on any atom is 0.323 e. The van der Waals surface area contributed by atoms with Crippen molar-refractivity contribution in [1.29, 1.82) is 0 Å². The number of hydrogen-bond donors (Lipinski definition) is 1. The zero-order chi connectivity index (χ0) is 15.5. The minimum absolute atomic E-state index is 0.373. The van der Waals surface area contributed by atoms with E-state index >= 15 is 0 Å². The van der Waals surface area contributed by atoms with Crippen LogP contribution in [0.4, 0.5) is 11.9 Å². The van der Waals surface area contributed by atoms with Crippen molar-refractivity contribution in [2.45, 2.75) is 40.5 Å². The van der Waals surface area contributed by atoms with Crippen molar-refractivity contribution in [3.05, 3.63) is 0 Å². The van der Waals surface area contributed by atoms with Crippen molar-refractivity contribution in [3.63, 3.8) is 0 Å². The smallest absolute Gasteiger partial charge is 0.323 e. The maximum atomic E-state index is 5.43. The molecule has 1 fully saturated rings. The van der Waals surface area contributed by atoms with Gasteiger partial charge in [-0.05, 0) is 31.1 Å². The van der Waals surface area contributed by atoms with Gasteiger partial charge in [-0.3, -0.25) is 0 Å². The van der Waals surface area contributed by atoms with Gasteiger partial charge in [0.2, 0.25) is 11.9 Å². The summed E-state index contributed by atoms with van der Waals surface area (Å²) in [6, 6.07) is 0.393. The molecule has 0 atom stereocenters. The number of piperidine rings is 1. The molecule has 118 valence electrons. The van der Waals surface area contributed by atoms with Gasteiger partial charge in [0.1, 0.15) is 0 Å².